The highest BCUT2D eigenvalue weighted by Crippen LogP contribution is 2.19. The number of rotatable bonds is 4. The molecule has 0 saturated carbocycles. The van der Waals surface area contributed by atoms with Crippen LogP contribution >= 0.6 is 11.3 Å². The van der Waals surface area contributed by atoms with Crippen molar-refractivity contribution in [1.82, 2.24) is 19.9 Å². The van der Waals surface area contributed by atoms with E-state index in [0.29, 0.717) is 44.4 Å². The summed E-state index contributed by atoms with van der Waals surface area (Å²) in [6.45, 7) is 2.74. The number of piperazine rings is 1. The third-order valence-electron chi connectivity index (χ3n) is 4.43. The van der Waals surface area contributed by atoms with Gasteiger partial charge in [-0.1, -0.05) is 5.16 Å². The number of thiophene rings is 1. The van der Waals surface area contributed by atoms with Crippen LogP contribution in [0.3, 0.4) is 0 Å². The average Bonchev–Trinajstić information content (AvgIpc) is 3.36. The Bertz CT molecular complexity index is 937. The van der Waals surface area contributed by atoms with Crippen molar-refractivity contribution in [3.05, 3.63) is 58.1 Å². The largest absolute Gasteiger partial charge is 0.338 e. The third kappa shape index (κ3) is 3.88. The van der Waals surface area contributed by atoms with E-state index < -0.39 is 11.6 Å². The van der Waals surface area contributed by atoms with Gasteiger partial charge in [0.05, 0.1) is 6.54 Å². The molecule has 0 atom stereocenters. The van der Waals surface area contributed by atoms with E-state index in [4.69, 9.17) is 4.52 Å². The second-order valence-electron chi connectivity index (χ2n) is 6.22. The first-order chi connectivity index (χ1) is 13.1. The fourth-order valence-corrected chi connectivity index (χ4v) is 3.57. The molecule has 3 heterocycles. The van der Waals surface area contributed by atoms with E-state index >= 15 is 0 Å². The Kier molecular flexibility index (Phi) is 4.95. The maximum absolute atomic E-state index is 13.3. The lowest BCUT2D eigenvalue weighted by Gasteiger charge is -2.34. The molecule has 1 amide bonds. The lowest BCUT2D eigenvalue weighted by atomic mass is 10.1. The number of nitrogens with zero attached hydrogens (tertiary/aromatic N) is 4. The summed E-state index contributed by atoms with van der Waals surface area (Å²) in [5, 5.41) is 7.89. The van der Waals surface area contributed by atoms with Crippen LogP contribution < -0.4 is 0 Å². The van der Waals surface area contributed by atoms with Gasteiger partial charge in [0, 0.05) is 42.7 Å². The van der Waals surface area contributed by atoms with Crippen LogP contribution in [0.2, 0.25) is 0 Å². The van der Waals surface area contributed by atoms with Crippen LogP contribution in [0.5, 0.6) is 0 Å². The number of amides is 1. The predicted molar refractivity (Wildman–Crippen MR) is 95.1 cm³/mol. The quantitative estimate of drug-likeness (QED) is 0.685. The number of hydrogen-bond acceptors (Lipinski definition) is 6. The van der Waals surface area contributed by atoms with Gasteiger partial charge >= 0.3 is 0 Å². The molecule has 1 aliphatic heterocycles. The summed E-state index contributed by atoms with van der Waals surface area (Å²) in [5.74, 6) is -1.18. The number of halogens is 2. The van der Waals surface area contributed by atoms with E-state index in [1.165, 1.54) is 6.07 Å². The predicted octanol–water partition coefficient (Wildman–Crippen LogP) is 3.03. The second-order valence-corrected chi connectivity index (χ2v) is 7.00. The maximum Gasteiger partial charge on any atom is 0.254 e. The van der Waals surface area contributed by atoms with E-state index in [1.807, 2.05) is 16.8 Å². The topological polar surface area (TPSA) is 62.5 Å². The summed E-state index contributed by atoms with van der Waals surface area (Å²) in [5.41, 5.74) is 1.08. The number of carbonyl (C=O) groups excluding carboxylic acids is 1. The van der Waals surface area contributed by atoms with Crippen molar-refractivity contribution in [2.75, 3.05) is 26.2 Å². The Morgan fingerprint density at radius 2 is 1.96 bits per heavy atom. The van der Waals surface area contributed by atoms with Gasteiger partial charge in [0.25, 0.3) is 5.91 Å². The Morgan fingerprint density at radius 3 is 2.67 bits per heavy atom. The zero-order chi connectivity index (χ0) is 18.8. The first-order valence-corrected chi connectivity index (χ1v) is 9.36. The Morgan fingerprint density at radius 1 is 1.15 bits per heavy atom. The Labute approximate surface area is 158 Å². The van der Waals surface area contributed by atoms with Crippen LogP contribution in [-0.4, -0.2) is 52.0 Å². The molecular formula is C18H16F2N4O2S. The average molecular weight is 390 g/mol. The molecular weight excluding hydrogens is 374 g/mol. The molecule has 6 nitrogen and oxygen atoms in total. The number of carbonyl (C=O) groups is 1. The van der Waals surface area contributed by atoms with E-state index in [0.717, 1.165) is 17.7 Å². The molecule has 3 aromatic rings. The second kappa shape index (κ2) is 7.53. The van der Waals surface area contributed by atoms with Crippen molar-refractivity contribution in [3.8, 4) is 11.4 Å². The van der Waals surface area contributed by atoms with Crippen molar-refractivity contribution in [1.29, 1.82) is 0 Å². The van der Waals surface area contributed by atoms with Gasteiger partial charge in [-0.15, -0.1) is 0 Å². The Hall–Kier alpha value is -2.65. The minimum Gasteiger partial charge on any atom is -0.338 e. The molecule has 0 spiro atoms. The normalized spacial score (nSPS) is 15.3. The van der Waals surface area contributed by atoms with Crippen molar-refractivity contribution < 1.29 is 18.1 Å². The minimum absolute atomic E-state index is 0.152. The molecule has 0 radical (unpaired) electrons. The lowest BCUT2D eigenvalue weighted by Crippen LogP contribution is -2.48. The van der Waals surface area contributed by atoms with Gasteiger partial charge in [-0.3, -0.25) is 9.69 Å². The first kappa shape index (κ1) is 17.7. The molecule has 1 aliphatic rings. The Balaban J connectivity index is 1.33. The van der Waals surface area contributed by atoms with Gasteiger partial charge in [-0.2, -0.15) is 16.3 Å². The van der Waals surface area contributed by atoms with E-state index in [9.17, 15) is 13.6 Å². The molecule has 0 aliphatic carbocycles. The SMILES string of the molecule is O=C(c1ccc(F)c(F)c1)N1CCN(Cc2nc(-c3ccsc3)no2)CC1. The highest BCUT2D eigenvalue weighted by Gasteiger charge is 2.24. The fourth-order valence-electron chi connectivity index (χ4n) is 2.94. The number of hydrogen-bond donors (Lipinski definition) is 0. The van der Waals surface area contributed by atoms with Gasteiger partial charge in [-0.05, 0) is 29.6 Å². The molecule has 0 unspecified atom stereocenters. The van der Waals surface area contributed by atoms with Crippen LogP contribution in [0, 0.1) is 11.6 Å². The molecule has 27 heavy (non-hydrogen) atoms. The van der Waals surface area contributed by atoms with Crippen LogP contribution in [0.4, 0.5) is 8.78 Å². The van der Waals surface area contributed by atoms with Gasteiger partial charge < -0.3 is 9.42 Å². The third-order valence-corrected chi connectivity index (χ3v) is 5.12. The summed E-state index contributed by atoms with van der Waals surface area (Å²) in [6.07, 6.45) is 0. The van der Waals surface area contributed by atoms with Gasteiger partial charge in [0.1, 0.15) is 0 Å². The zero-order valence-electron chi connectivity index (χ0n) is 14.3. The molecule has 1 fully saturated rings. The molecule has 0 N–H and O–H groups in total. The maximum atomic E-state index is 13.3. The van der Waals surface area contributed by atoms with Crippen molar-refractivity contribution >= 4 is 17.2 Å². The lowest BCUT2D eigenvalue weighted by molar-refractivity contribution is 0.0614. The van der Waals surface area contributed by atoms with Gasteiger partial charge in [-0.25, -0.2) is 8.78 Å². The molecule has 140 valence electrons. The smallest absolute Gasteiger partial charge is 0.254 e. The highest BCUT2D eigenvalue weighted by atomic mass is 32.1. The number of aromatic nitrogens is 2. The highest BCUT2D eigenvalue weighted by molar-refractivity contribution is 7.08. The standard InChI is InChI=1S/C18H16F2N4O2S/c19-14-2-1-12(9-15(14)20)18(25)24-6-4-23(5-7-24)10-16-21-17(22-26-16)13-3-8-27-11-13/h1-3,8-9,11H,4-7,10H2. The van der Waals surface area contributed by atoms with Crippen molar-refractivity contribution in [2.24, 2.45) is 0 Å². The van der Waals surface area contributed by atoms with E-state index in [2.05, 4.69) is 15.0 Å². The van der Waals surface area contributed by atoms with E-state index in [1.54, 1.807) is 16.2 Å². The van der Waals surface area contributed by atoms with Gasteiger partial charge in [0.2, 0.25) is 11.7 Å². The van der Waals surface area contributed by atoms with Crippen LogP contribution in [0.1, 0.15) is 16.2 Å². The zero-order valence-corrected chi connectivity index (χ0v) is 15.1. The minimum atomic E-state index is -1.02. The molecule has 4 rings (SSSR count). The van der Waals surface area contributed by atoms with Crippen LogP contribution in [0.15, 0.2) is 39.5 Å². The summed E-state index contributed by atoms with van der Waals surface area (Å²) in [6, 6.07) is 5.15. The molecule has 1 saturated heterocycles. The summed E-state index contributed by atoms with van der Waals surface area (Å²) in [7, 11) is 0. The molecule has 2 aromatic heterocycles. The summed E-state index contributed by atoms with van der Waals surface area (Å²) < 4.78 is 31.7. The van der Waals surface area contributed by atoms with Crippen molar-refractivity contribution in [3.63, 3.8) is 0 Å². The number of benzene rings is 1. The van der Waals surface area contributed by atoms with E-state index in [-0.39, 0.29) is 11.5 Å². The monoisotopic (exact) mass is 390 g/mol. The fraction of sp³-hybridized carbons (Fsp3) is 0.278. The van der Waals surface area contributed by atoms with Gasteiger partial charge in [0.15, 0.2) is 11.6 Å². The van der Waals surface area contributed by atoms with Crippen LogP contribution in [0.25, 0.3) is 11.4 Å². The summed E-state index contributed by atoms with van der Waals surface area (Å²) in [4.78, 5) is 20.6. The molecule has 0 bridgehead atoms. The molecule has 1 aromatic carbocycles. The molecule has 9 heteroatoms. The van der Waals surface area contributed by atoms with Crippen molar-refractivity contribution in [2.45, 2.75) is 6.54 Å². The summed E-state index contributed by atoms with van der Waals surface area (Å²) >= 11 is 1.57. The first-order valence-electron chi connectivity index (χ1n) is 8.42. The van der Waals surface area contributed by atoms with Crippen LogP contribution in [-0.2, 0) is 6.54 Å².